The number of ether oxygens (including phenoxy) is 1. The molecule has 242 valence electrons. The van der Waals surface area contributed by atoms with E-state index in [1.54, 1.807) is 12.1 Å². The number of fused-ring (bicyclic) bond motifs is 3. The highest BCUT2D eigenvalue weighted by atomic mass is 32.2. The van der Waals surface area contributed by atoms with Gasteiger partial charge in [-0.3, -0.25) is 19.1 Å². The Balaban J connectivity index is 1.28. The van der Waals surface area contributed by atoms with Gasteiger partial charge in [0.15, 0.2) is 5.82 Å². The Morgan fingerprint density at radius 2 is 2.00 bits per heavy atom. The highest BCUT2D eigenvalue weighted by Crippen LogP contribution is 2.46. The average Bonchev–Trinajstić information content (AvgIpc) is 3.93. The third-order valence-corrected chi connectivity index (χ3v) is 11.0. The van der Waals surface area contributed by atoms with Crippen molar-refractivity contribution in [1.29, 1.82) is 0 Å². The molecule has 0 bridgehead atoms. The molecule has 4 N–H and O–H groups in total. The Labute approximate surface area is 261 Å². The van der Waals surface area contributed by atoms with Crippen molar-refractivity contribution in [3.8, 4) is 5.88 Å². The minimum Gasteiger partial charge on any atom is -0.471 e. The second-order valence-electron chi connectivity index (χ2n) is 12.5. The van der Waals surface area contributed by atoms with Crippen molar-refractivity contribution in [3.63, 3.8) is 0 Å². The molecule has 1 aromatic carbocycles. The maximum absolute atomic E-state index is 14.6. The van der Waals surface area contributed by atoms with Crippen LogP contribution >= 0.6 is 0 Å². The van der Waals surface area contributed by atoms with E-state index in [-0.39, 0.29) is 30.8 Å². The molecule has 2 saturated carbocycles. The van der Waals surface area contributed by atoms with Crippen LogP contribution in [0.1, 0.15) is 70.4 Å². The SMILES string of the molecule is CCc1nc2cccc(F)c2nc1OC1CC2C(=O)NC3(C(=O)NS(=O)(=O)C4CC4)CC3C=CCCCCCC(N)C(=O)N2C1. The molecular formula is C31H39FN6O6S. The van der Waals surface area contributed by atoms with Gasteiger partial charge in [-0.2, -0.15) is 0 Å². The molecular weight excluding hydrogens is 603 g/mol. The van der Waals surface area contributed by atoms with E-state index in [0.29, 0.717) is 36.9 Å². The summed E-state index contributed by atoms with van der Waals surface area (Å²) < 4.78 is 48.3. The van der Waals surface area contributed by atoms with Gasteiger partial charge in [0.05, 0.1) is 23.4 Å². The number of sulfonamides is 1. The first-order valence-corrected chi connectivity index (χ1v) is 17.3. The van der Waals surface area contributed by atoms with E-state index in [2.05, 4.69) is 20.0 Å². The maximum Gasteiger partial charge on any atom is 0.259 e. The molecule has 3 amide bonds. The number of rotatable bonds is 6. The number of aryl methyl sites for hydroxylation is 1. The molecule has 3 fully saturated rings. The molecule has 2 aliphatic carbocycles. The number of carbonyl (C=O) groups is 3. The fourth-order valence-electron chi connectivity index (χ4n) is 6.29. The molecule has 5 unspecified atom stereocenters. The molecule has 2 aliphatic heterocycles. The Hall–Kier alpha value is -3.65. The zero-order chi connectivity index (χ0) is 31.9. The summed E-state index contributed by atoms with van der Waals surface area (Å²) in [5.41, 5.74) is 5.81. The van der Waals surface area contributed by atoms with Crippen LogP contribution < -0.4 is 20.5 Å². The zero-order valence-corrected chi connectivity index (χ0v) is 26.0. The van der Waals surface area contributed by atoms with Gasteiger partial charge in [-0.25, -0.2) is 22.8 Å². The lowest BCUT2D eigenvalue weighted by Gasteiger charge is -2.28. The summed E-state index contributed by atoms with van der Waals surface area (Å²) in [5, 5.41) is 2.22. The fraction of sp³-hybridized carbons (Fsp3) is 0.581. The van der Waals surface area contributed by atoms with Crippen molar-refractivity contribution in [2.24, 2.45) is 11.7 Å². The van der Waals surface area contributed by atoms with Crippen molar-refractivity contribution in [2.75, 3.05) is 6.54 Å². The van der Waals surface area contributed by atoms with E-state index in [9.17, 15) is 27.2 Å². The first kappa shape index (κ1) is 31.3. The van der Waals surface area contributed by atoms with E-state index in [0.717, 1.165) is 25.7 Å². The number of aromatic nitrogens is 2. The minimum absolute atomic E-state index is 0.0172. The van der Waals surface area contributed by atoms with Crippen LogP contribution in [0.4, 0.5) is 4.39 Å². The minimum atomic E-state index is -3.85. The third-order valence-electron chi connectivity index (χ3n) is 9.18. The normalized spacial score (nSPS) is 29.3. The molecule has 0 radical (unpaired) electrons. The highest BCUT2D eigenvalue weighted by Gasteiger charge is 2.62. The average molecular weight is 643 g/mol. The molecule has 6 rings (SSSR count). The molecule has 1 saturated heterocycles. The van der Waals surface area contributed by atoms with Crippen molar-refractivity contribution >= 4 is 38.8 Å². The molecule has 5 atom stereocenters. The van der Waals surface area contributed by atoms with Crippen LogP contribution in [0.15, 0.2) is 30.4 Å². The van der Waals surface area contributed by atoms with Gasteiger partial charge in [-0.1, -0.05) is 38.0 Å². The second-order valence-corrected chi connectivity index (χ2v) is 14.5. The maximum atomic E-state index is 14.6. The molecule has 2 aromatic rings. The van der Waals surface area contributed by atoms with Crippen LogP contribution in [0.25, 0.3) is 11.0 Å². The first-order chi connectivity index (χ1) is 21.5. The van der Waals surface area contributed by atoms with Gasteiger partial charge < -0.3 is 20.7 Å². The van der Waals surface area contributed by atoms with Crippen LogP contribution in [0.3, 0.4) is 0 Å². The molecule has 3 heterocycles. The standard InChI is InChI=1S/C31H39FN6O6S/c1-2-23-28(35-26-21(32)10-8-12-24(26)34-23)44-19-15-25-27(39)36-31(30(41)37-45(42,43)20-13-14-20)16-18(31)9-6-4-3-5-7-11-22(33)29(40)38(25)17-19/h6,8-10,12,18-20,22,25H,2-5,7,11,13-17,33H2,1H3,(H,36,39)(H,37,41). The van der Waals surface area contributed by atoms with Gasteiger partial charge in [0.2, 0.25) is 27.7 Å². The lowest BCUT2D eigenvalue weighted by Crippen LogP contribution is -2.57. The van der Waals surface area contributed by atoms with Gasteiger partial charge in [-0.15, -0.1) is 0 Å². The van der Waals surface area contributed by atoms with Crippen LogP contribution in [0.2, 0.25) is 0 Å². The van der Waals surface area contributed by atoms with Crippen molar-refractivity contribution in [3.05, 3.63) is 41.9 Å². The summed E-state index contributed by atoms with van der Waals surface area (Å²) in [4.78, 5) is 51.3. The summed E-state index contributed by atoms with van der Waals surface area (Å²) in [6.07, 6.45) is 8.48. The summed E-state index contributed by atoms with van der Waals surface area (Å²) in [5.74, 6) is -2.61. The predicted molar refractivity (Wildman–Crippen MR) is 163 cm³/mol. The number of hydrogen-bond donors (Lipinski definition) is 3. The fourth-order valence-corrected chi connectivity index (χ4v) is 7.65. The predicted octanol–water partition coefficient (Wildman–Crippen LogP) is 2.01. The molecule has 45 heavy (non-hydrogen) atoms. The number of carbonyl (C=O) groups excluding carboxylic acids is 3. The Kier molecular flexibility index (Phi) is 8.55. The number of nitrogens with zero attached hydrogens (tertiary/aromatic N) is 3. The van der Waals surface area contributed by atoms with Gasteiger partial charge in [0, 0.05) is 12.3 Å². The lowest BCUT2D eigenvalue weighted by atomic mass is 10.1. The van der Waals surface area contributed by atoms with Crippen molar-refractivity contribution in [2.45, 2.75) is 100 Å². The smallest absolute Gasteiger partial charge is 0.259 e. The van der Waals surface area contributed by atoms with Crippen LogP contribution in [0.5, 0.6) is 5.88 Å². The molecule has 12 nitrogen and oxygen atoms in total. The first-order valence-electron chi connectivity index (χ1n) is 15.7. The molecule has 1 aromatic heterocycles. The van der Waals surface area contributed by atoms with Crippen molar-refractivity contribution < 1.29 is 31.9 Å². The number of halogens is 1. The molecule has 14 heteroatoms. The number of nitrogens with one attached hydrogen (secondary N) is 2. The summed E-state index contributed by atoms with van der Waals surface area (Å²) in [6.45, 7) is 1.88. The van der Waals surface area contributed by atoms with Crippen LogP contribution in [-0.2, 0) is 30.8 Å². The van der Waals surface area contributed by atoms with E-state index < -0.39 is 68.5 Å². The van der Waals surface area contributed by atoms with Crippen LogP contribution in [0, 0.1) is 11.7 Å². The number of nitrogens with two attached hydrogens (primary N) is 1. The van der Waals surface area contributed by atoms with Crippen LogP contribution in [-0.4, -0.2) is 76.5 Å². The summed E-state index contributed by atoms with van der Waals surface area (Å²) in [7, 11) is -3.85. The second kappa shape index (κ2) is 12.3. The van der Waals surface area contributed by atoms with Gasteiger partial charge in [0.25, 0.3) is 5.91 Å². The monoisotopic (exact) mass is 642 g/mol. The number of allylic oxidation sites excluding steroid dienone is 1. The van der Waals surface area contributed by atoms with E-state index in [1.807, 2.05) is 19.1 Å². The van der Waals surface area contributed by atoms with Crippen molar-refractivity contribution in [1.82, 2.24) is 24.9 Å². The van der Waals surface area contributed by atoms with Gasteiger partial charge in [0.1, 0.15) is 28.9 Å². The Morgan fingerprint density at radius 1 is 1.20 bits per heavy atom. The Morgan fingerprint density at radius 3 is 2.76 bits per heavy atom. The number of amides is 3. The molecule has 0 spiro atoms. The number of hydrogen-bond acceptors (Lipinski definition) is 9. The van der Waals surface area contributed by atoms with Gasteiger partial charge >= 0.3 is 0 Å². The largest absolute Gasteiger partial charge is 0.471 e. The topological polar surface area (TPSA) is 174 Å². The Bertz CT molecular complexity index is 1650. The number of para-hydroxylation sites is 1. The third kappa shape index (κ3) is 6.39. The zero-order valence-electron chi connectivity index (χ0n) is 25.2. The summed E-state index contributed by atoms with van der Waals surface area (Å²) >= 11 is 0. The quantitative estimate of drug-likeness (QED) is 0.399. The lowest BCUT2D eigenvalue weighted by molar-refractivity contribution is -0.140. The number of benzene rings is 1. The molecule has 4 aliphatic rings. The van der Waals surface area contributed by atoms with E-state index >= 15 is 0 Å². The van der Waals surface area contributed by atoms with Gasteiger partial charge in [-0.05, 0) is 57.1 Å². The summed E-state index contributed by atoms with van der Waals surface area (Å²) in [6, 6.07) is 2.62. The van der Waals surface area contributed by atoms with E-state index in [4.69, 9.17) is 10.5 Å². The van der Waals surface area contributed by atoms with E-state index in [1.165, 1.54) is 11.0 Å². The highest BCUT2D eigenvalue weighted by molar-refractivity contribution is 7.91.